The third-order valence-electron chi connectivity index (χ3n) is 2.28. The zero-order valence-corrected chi connectivity index (χ0v) is 10.6. The summed E-state index contributed by atoms with van der Waals surface area (Å²) in [5.74, 6) is 2.10. The Morgan fingerprint density at radius 1 is 1.33 bits per heavy atom. The fraction of sp³-hybridized carbons (Fsp3) is 0.800. The first-order valence-electron chi connectivity index (χ1n) is 5.45. The molecule has 0 saturated carbocycles. The summed E-state index contributed by atoms with van der Waals surface area (Å²) < 4.78 is 2.04. The molecule has 1 heterocycles. The first-order chi connectivity index (χ1) is 7.25. The zero-order valence-electron chi connectivity index (χ0n) is 9.79. The lowest BCUT2D eigenvalue weighted by atomic mass is 10.3. The van der Waals surface area contributed by atoms with Crippen LogP contribution in [0.25, 0.3) is 0 Å². The van der Waals surface area contributed by atoms with E-state index in [2.05, 4.69) is 22.4 Å². The summed E-state index contributed by atoms with van der Waals surface area (Å²) in [6.07, 6.45) is 2.46. The molecule has 1 aromatic rings. The summed E-state index contributed by atoms with van der Waals surface area (Å²) >= 11 is 1.79. The number of rotatable bonds is 7. The molecule has 0 amide bonds. The highest BCUT2D eigenvalue weighted by Crippen LogP contribution is 2.16. The van der Waals surface area contributed by atoms with Crippen LogP contribution in [0.1, 0.15) is 25.6 Å². The quantitative estimate of drug-likeness (QED) is 0.569. The maximum Gasteiger partial charge on any atom is 0.190 e. The smallest absolute Gasteiger partial charge is 0.190 e. The number of unbranched alkanes of at least 4 members (excludes halogenated alkanes) is 1. The van der Waals surface area contributed by atoms with Crippen LogP contribution in [0.3, 0.4) is 0 Å². The molecule has 0 fully saturated rings. The summed E-state index contributed by atoms with van der Waals surface area (Å²) in [5.41, 5.74) is 0. The van der Waals surface area contributed by atoms with Crippen molar-refractivity contribution in [3.05, 3.63) is 5.82 Å². The largest absolute Gasteiger partial charge is 0.317 e. The molecular weight excluding hydrogens is 208 g/mol. The molecule has 0 unspecified atom stereocenters. The molecule has 0 spiro atoms. The van der Waals surface area contributed by atoms with Gasteiger partial charge in [0, 0.05) is 12.8 Å². The summed E-state index contributed by atoms with van der Waals surface area (Å²) in [5, 5.41) is 12.5. The number of nitrogens with zero attached hydrogens (tertiary/aromatic N) is 3. The van der Waals surface area contributed by atoms with Gasteiger partial charge in [-0.1, -0.05) is 18.7 Å². The predicted molar refractivity (Wildman–Crippen MR) is 64.2 cm³/mol. The van der Waals surface area contributed by atoms with Crippen LogP contribution in [0.4, 0.5) is 0 Å². The molecule has 0 radical (unpaired) electrons. The van der Waals surface area contributed by atoms with E-state index in [4.69, 9.17) is 0 Å². The van der Waals surface area contributed by atoms with Crippen molar-refractivity contribution in [2.24, 2.45) is 7.05 Å². The Labute approximate surface area is 95.9 Å². The molecule has 15 heavy (non-hydrogen) atoms. The van der Waals surface area contributed by atoms with Crippen molar-refractivity contribution in [2.45, 2.75) is 31.8 Å². The van der Waals surface area contributed by atoms with Gasteiger partial charge in [0.25, 0.3) is 0 Å². The Morgan fingerprint density at radius 2 is 2.13 bits per heavy atom. The van der Waals surface area contributed by atoms with Gasteiger partial charge in [-0.25, -0.2) is 0 Å². The molecular formula is C10H20N4S. The fourth-order valence-corrected chi connectivity index (χ4v) is 2.16. The van der Waals surface area contributed by atoms with Crippen molar-refractivity contribution in [2.75, 3.05) is 18.8 Å². The number of hydrogen-bond donors (Lipinski definition) is 1. The van der Waals surface area contributed by atoms with Crippen molar-refractivity contribution < 1.29 is 0 Å². The average Bonchev–Trinajstić information content (AvgIpc) is 2.54. The Morgan fingerprint density at radius 3 is 2.73 bits per heavy atom. The van der Waals surface area contributed by atoms with Crippen LogP contribution < -0.4 is 5.32 Å². The number of nitrogens with one attached hydrogen (secondary N) is 1. The van der Waals surface area contributed by atoms with Crippen LogP contribution in [-0.2, 0) is 7.05 Å². The second kappa shape index (κ2) is 6.85. The lowest BCUT2D eigenvalue weighted by Gasteiger charge is -2.02. The molecule has 86 valence electrons. The van der Waals surface area contributed by atoms with E-state index in [9.17, 15) is 0 Å². The minimum Gasteiger partial charge on any atom is -0.317 e. The van der Waals surface area contributed by atoms with Gasteiger partial charge in [0.2, 0.25) is 0 Å². The average molecular weight is 228 g/mol. The maximum atomic E-state index is 4.11. The van der Waals surface area contributed by atoms with Crippen LogP contribution in [0.5, 0.6) is 0 Å². The summed E-state index contributed by atoms with van der Waals surface area (Å²) in [4.78, 5) is 0. The monoisotopic (exact) mass is 228 g/mol. The Balaban J connectivity index is 2.12. The van der Waals surface area contributed by atoms with Gasteiger partial charge in [-0.15, -0.1) is 10.2 Å². The van der Waals surface area contributed by atoms with Crippen LogP contribution >= 0.6 is 11.8 Å². The molecule has 1 rings (SSSR count). The minimum atomic E-state index is 0.977. The highest BCUT2D eigenvalue weighted by Gasteiger charge is 2.04. The summed E-state index contributed by atoms with van der Waals surface area (Å²) in [6.45, 7) is 6.30. The van der Waals surface area contributed by atoms with Gasteiger partial charge in [0.15, 0.2) is 5.16 Å². The Kier molecular flexibility index (Phi) is 5.71. The molecule has 5 heteroatoms. The van der Waals surface area contributed by atoms with Gasteiger partial charge >= 0.3 is 0 Å². The number of thioether (sulfide) groups is 1. The number of aryl methyl sites for hydroxylation is 1. The van der Waals surface area contributed by atoms with Crippen molar-refractivity contribution in [3.8, 4) is 0 Å². The molecule has 0 aromatic carbocycles. The van der Waals surface area contributed by atoms with E-state index in [0.29, 0.717) is 0 Å². The first-order valence-corrected chi connectivity index (χ1v) is 6.43. The van der Waals surface area contributed by atoms with Gasteiger partial charge in [-0.05, 0) is 32.9 Å². The van der Waals surface area contributed by atoms with Crippen molar-refractivity contribution >= 4 is 11.8 Å². The predicted octanol–water partition coefficient (Wildman–Crippen LogP) is 1.61. The van der Waals surface area contributed by atoms with Crippen molar-refractivity contribution in [1.82, 2.24) is 20.1 Å². The molecule has 0 atom stereocenters. The van der Waals surface area contributed by atoms with Gasteiger partial charge in [-0.3, -0.25) is 0 Å². The van der Waals surface area contributed by atoms with E-state index in [-0.39, 0.29) is 0 Å². The first kappa shape index (κ1) is 12.5. The second-order valence-electron chi connectivity index (χ2n) is 3.50. The van der Waals surface area contributed by atoms with Crippen molar-refractivity contribution in [3.63, 3.8) is 0 Å². The molecule has 1 N–H and O–H groups in total. The minimum absolute atomic E-state index is 0.977. The van der Waals surface area contributed by atoms with E-state index < -0.39 is 0 Å². The maximum absolute atomic E-state index is 4.11. The van der Waals surface area contributed by atoms with Crippen LogP contribution in [0, 0.1) is 6.92 Å². The number of hydrogen-bond acceptors (Lipinski definition) is 4. The van der Waals surface area contributed by atoms with Crippen molar-refractivity contribution in [1.29, 1.82) is 0 Å². The molecule has 0 aliphatic heterocycles. The normalized spacial score (nSPS) is 10.9. The highest BCUT2D eigenvalue weighted by atomic mass is 32.2. The van der Waals surface area contributed by atoms with Gasteiger partial charge in [0.1, 0.15) is 5.82 Å². The molecule has 0 bridgehead atoms. The lowest BCUT2D eigenvalue weighted by molar-refractivity contribution is 0.665. The van der Waals surface area contributed by atoms with Gasteiger partial charge in [-0.2, -0.15) is 0 Å². The molecule has 0 aliphatic carbocycles. The third kappa shape index (κ3) is 4.22. The molecule has 4 nitrogen and oxygen atoms in total. The standard InChI is InChI=1S/C10H20N4S/c1-4-11-7-5-6-8-15-10-13-12-9(2)14(10)3/h11H,4-8H2,1-3H3. The Hall–Kier alpha value is -0.550. The highest BCUT2D eigenvalue weighted by molar-refractivity contribution is 7.99. The van der Waals surface area contributed by atoms with Gasteiger partial charge in [0.05, 0.1) is 0 Å². The van der Waals surface area contributed by atoms with E-state index in [1.807, 2.05) is 18.5 Å². The summed E-state index contributed by atoms with van der Waals surface area (Å²) in [6, 6.07) is 0. The van der Waals surface area contributed by atoms with Crippen LogP contribution in [-0.4, -0.2) is 33.6 Å². The van der Waals surface area contributed by atoms with E-state index >= 15 is 0 Å². The third-order valence-corrected chi connectivity index (χ3v) is 3.39. The lowest BCUT2D eigenvalue weighted by Crippen LogP contribution is -2.13. The van der Waals surface area contributed by atoms with E-state index in [1.54, 1.807) is 11.8 Å². The molecule has 0 aliphatic rings. The van der Waals surface area contributed by atoms with Gasteiger partial charge < -0.3 is 9.88 Å². The topological polar surface area (TPSA) is 42.7 Å². The SMILES string of the molecule is CCNCCCCSc1nnc(C)n1C. The van der Waals surface area contributed by atoms with Crippen LogP contribution in [0.15, 0.2) is 5.16 Å². The van der Waals surface area contributed by atoms with E-state index in [1.165, 1.54) is 12.8 Å². The number of aromatic nitrogens is 3. The molecule has 0 saturated heterocycles. The second-order valence-corrected chi connectivity index (χ2v) is 4.56. The Bertz CT molecular complexity index is 285. The molecule has 1 aromatic heterocycles. The summed E-state index contributed by atoms with van der Waals surface area (Å²) in [7, 11) is 2.01. The van der Waals surface area contributed by atoms with E-state index in [0.717, 1.165) is 29.8 Å². The van der Waals surface area contributed by atoms with Crippen LogP contribution in [0.2, 0.25) is 0 Å². The zero-order chi connectivity index (χ0) is 11.1. The fourth-order valence-electron chi connectivity index (χ4n) is 1.21.